The second kappa shape index (κ2) is 12.0. The predicted molar refractivity (Wildman–Crippen MR) is 88.7 cm³/mol. The second-order valence-corrected chi connectivity index (χ2v) is 5.15. The molecule has 0 fully saturated rings. The summed E-state index contributed by atoms with van der Waals surface area (Å²) in [7, 11) is 0. The lowest BCUT2D eigenvalue weighted by Crippen LogP contribution is -1.98. The van der Waals surface area contributed by atoms with Crippen molar-refractivity contribution in [3.05, 3.63) is 54.8 Å². The Balaban J connectivity index is 1.99. The van der Waals surface area contributed by atoms with Crippen LogP contribution in [-0.4, -0.2) is 5.97 Å². The van der Waals surface area contributed by atoms with E-state index in [4.69, 9.17) is 4.74 Å². The fraction of sp³-hybridized carbons (Fsp3) is 0.421. The molecular formula is C19H26O2. The van der Waals surface area contributed by atoms with Gasteiger partial charge >= 0.3 is 5.97 Å². The predicted octanol–water partition coefficient (Wildman–Crippen LogP) is 5.51. The largest absolute Gasteiger partial charge is 0.434 e. The molecule has 0 radical (unpaired) electrons. The first-order valence-corrected chi connectivity index (χ1v) is 7.85. The van der Waals surface area contributed by atoms with Gasteiger partial charge in [0.1, 0.15) is 0 Å². The van der Waals surface area contributed by atoms with E-state index in [0.717, 1.165) is 24.8 Å². The van der Waals surface area contributed by atoms with E-state index < -0.39 is 0 Å². The summed E-state index contributed by atoms with van der Waals surface area (Å²) in [5.41, 5.74) is 1.03. The maximum Gasteiger partial charge on any atom is 0.310 e. The molecule has 0 heterocycles. The lowest BCUT2D eigenvalue weighted by atomic mass is 10.1. The summed E-state index contributed by atoms with van der Waals surface area (Å²) in [6.07, 6.45) is 13.8. The summed E-state index contributed by atoms with van der Waals surface area (Å²) in [6.45, 7) is 3.71. The van der Waals surface area contributed by atoms with Crippen LogP contribution < -0.4 is 0 Å². The van der Waals surface area contributed by atoms with Crippen molar-refractivity contribution in [2.75, 3.05) is 0 Å². The Morgan fingerprint density at radius 3 is 2.38 bits per heavy atom. The molecule has 114 valence electrons. The van der Waals surface area contributed by atoms with Gasteiger partial charge in [0, 0.05) is 6.42 Å². The van der Waals surface area contributed by atoms with Gasteiger partial charge in [-0.2, -0.15) is 0 Å². The first-order chi connectivity index (χ1) is 10.3. The molecular weight excluding hydrogens is 260 g/mol. The molecule has 21 heavy (non-hydrogen) atoms. The van der Waals surface area contributed by atoms with Gasteiger partial charge in [-0.3, -0.25) is 4.79 Å². The molecule has 0 saturated carbocycles. The monoisotopic (exact) mass is 286 g/mol. The van der Waals surface area contributed by atoms with Crippen molar-refractivity contribution < 1.29 is 9.53 Å². The molecule has 0 saturated heterocycles. The molecule has 2 heteroatoms. The molecule has 0 unspecified atom stereocenters. The second-order valence-electron chi connectivity index (χ2n) is 5.15. The summed E-state index contributed by atoms with van der Waals surface area (Å²) in [4.78, 5) is 11.5. The van der Waals surface area contributed by atoms with Gasteiger partial charge in [0.25, 0.3) is 0 Å². The zero-order valence-corrected chi connectivity index (χ0v) is 12.8. The number of ether oxygens (including phenoxy) is 1. The van der Waals surface area contributed by atoms with Crippen molar-refractivity contribution in [3.63, 3.8) is 0 Å². The number of carbonyl (C=O) groups is 1. The molecule has 0 N–H and O–H groups in total. The summed E-state index contributed by atoms with van der Waals surface area (Å²) in [6, 6.07) is 9.81. The van der Waals surface area contributed by atoms with Gasteiger partial charge in [0.2, 0.25) is 0 Å². The number of unbranched alkanes of at least 4 members (excludes halogenated alkanes) is 6. The van der Waals surface area contributed by atoms with Gasteiger partial charge in [-0.25, -0.2) is 0 Å². The van der Waals surface area contributed by atoms with Crippen LogP contribution in [0.25, 0.3) is 6.08 Å². The van der Waals surface area contributed by atoms with Crippen LogP contribution in [0.1, 0.15) is 56.9 Å². The van der Waals surface area contributed by atoms with Crippen molar-refractivity contribution in [2.24, 2.45) is 0 Å². The third-order valence-electron chi connectivity index (χ3n) is 3.30. The van der Waals surface area contributed by atoms with Crippen LogP contribution >= 0.6 is 0 Å². The molecule has 0 aliphatic heterocycles. The van der Waals surface area contributed by atoms with Crippen molar-refractivity contribution in [1.29, 1.82) is 0 Å². The van der Waals surface area contributed by atoms with E-state index >= 15 is 0 Å². The first-order valence-electron chi connectivity index (χ1n) is 7.85. The maximum atomic E-state index is 11.5. The van der Waals surface area contributed by atoms with Crippen molar-refractivity contribution in [2.45, 2.75) is 51.4 Å². The van der Waals surface area contributed by atoms with E-state index in [0.29, 0.717) is 6.42 Å². The van der Waals surface area contributed by atoms with E-state index in [2.05, 4.69) is 6.58 Å². The number of esters is 1. The van der Waals surface area contributed by atoms with E-state index in [-0.39, 0.29) is 5.97 Å². The number of hydrogen-bond acceptors (Lipinski definition) is 2. The Labute approximate surface area is 128 Å². The topological polar surface area (TPSA) is 26.3 Å². The molecule has 0 spiro atoms. The molecule has 0 aliphatic rings. The van der Waals surface area contributed by atoms with Crippen molar-refractivity contribution in [3.8, 4) is 0 Å². The number of rotatable bonds is 11. The van der Waals surface area contributed by atoms with Crippen LogP contribution in [0.3, 0.4) is 0 Å². The highest BCUT2D eigenvalue weighted by molar-refractivity contribution is 5.70. The summed E-state index contributed by atoms with van der Waals surface area (Å²) >= 11 is 0. The Kier molecular flexibility index (Phi) is 9.80. The molecule has 0 amide bonds. The third-order valence-corrected chi connectivity index (χ3v) is 3.30. The van der Waals surface area contributed by atoms with Crippen LogP contribution in [0.5, 0.6) is 0 Å². The third kappa shape index (κ3) is 9.67. The quantitative estimate of drug-likeness (QED) is 0.232. The standard InChI is InChI=1S/C19H26O2/c1-2-3-4-5-6-7-8-12-15-19(20)21-17-16-18-13-10-9-11-14-18/h2,9-11,13-14,16-17H,1,3-8,12,15H2. The number of carbonyl (C=O) groups excluding carboxylic acids is 1. The van der Waals surface area contributed by atoms with Crippen LogP contribution in [0.15, 0.2) is 49.2 Å². The summed E-state index contributed by atoms with van der Waals surface area (Å²) in [5, 5.41) is 0. The smallest absolute Gasteiger partial charge is 0.310 e. The fourth-order valence-electron chi connectivity index (χ4n) is 2.08. The normalized spacial score (nSPS) is 10.7. The number of hydrogen-bond donors (Lipinski definition) is 0. The Bertz CT molecular complexity index is 420. The SMILES string of the molecule is C=CCCCCCCCCC(=O)OC=Cc1ccccc1. The van der Waals surface area contributed by atoms with Crippen LogP contribution in [0.4, 0.5) is 0 Å². The maximum absolute atomic E-state index is 11.5. The van der Waals surface area contributed by atoms with E-state index in [9.17, 15) is 4.79 Å². The highest BCUT2D eigenvalue weighted by atomic mass is 16.5. The van der Waals surface area contributed by atoms with E-state index in [1.165, 1.54) is 31.9 Å². The number of allylic oxidation sites excluding steroid dienone is 1. The zero-order valence-electron chi connectivity index (χ0n) is 12.8. The average molecular weight is 286 g/mol. The highest BCUT2D eigenvalue weighted by Gasteiger charge is 2.00. The minimum Gasteiger partial charge on any atom is -0.434 e. The van der Waals surface area contributed by atoms with Gasteiger partial charge in [0.05, 0.1) is 6.26 Å². The molecule has 0 bridgehead atoms. The van der Waals surface area contributed by atoms with Gasteiger partial charge in [-0.05, 0) is 30.9 Å². The van der Waals surface area contributed by atoms with Gasteiger partial charge in [-0.1, -0.05) is 62.1 Å². The molecule has 1 aromatic carbocycles. The lowest BCUT2D eigenvalue weighted by molar-refractivity contribution is -0.138. The van der Waals surface area contributed by atoms with Gasteiger partial charge in [0.15, 0.2) is 0 Å². The lowest BCUT2D eigenvalue weighted by Gasteiger charge is -2.01. The Morgan fingerprint density at radius 2 is 1.67 bits per heavy atom. The minimum absolute atomic E-state index is 0.145. The molecule has 1 aromatic rings. The Morgan fingerprint density at radius 1 is 1.00 bits per heavy atom. The van der Waals surface area contributed by atoms with Crippen molar-refractivity contribution in [1.82, 2.24) is 0 Å². The van der Waals surface area contributed by atoms with Crippen LogP contribution in [-0.2, 0) is 9.53 Å². The fourth-order valence-corrected chi connectivity index (χ4v) is 2.08. The average Bonchev–Trinajstić information content (AvgIpc) is 2.51. The summed E-state index contributed by atoms with van der Waals surface area (Å²) in [5.74, 6) is -0.145. The zero-order chi connectivity index (χ0) is 15.2. The van der Waals surface area contributed by atoms with Crippen LogP contribution in [0, 0.1) is 0 Å². The molecule has 1 rings (SSSR count). The molecule has 0 aliphatic carbocycles. The molecule has 2 nitrogen and oxygen atoms in total. The highest BCUT2D eigenvalue weighted by Crippen LogP contribution is 2.09. The minimum atomic E-state index is -0.145. The summed E-state index contributed by atoms with van der Waals surface area (Å²) < 4.78 is 5.08. The van der Waals surface area contributed by atoms with Gasteiger partial charge in [-0.15, -0.1) is 6.58 Å². The van der Waals surface area contributed by atoms with Gasteiger partial charge < -0.3 is 4.74 Å². The van der Waals surface area contributed by atoms with E-state index in [1.807, 2.05) is 36.4 Å². The molecule has 0 atom stereocenters. The molecule has 0 aromatic heterocycles. The van der Waals surface area contributed by atoms with E-state index in [1.54, 1.807) is 6.08 Å². The van der Waals surface area contributed by atoms with Crippen LogP contribution in [0.2, 0.25) is 0 Å². The number of benzene rings is 1. The Hall–Kier alpha value is -1.83. The first kappa shape index (κ1) is 17.2. The van der Waals surface area contributed by atoms with Crippen molar-refractivity contribution >= 4 is 12.0 Å².